The zero-order valence-electron chi connectivity index (χ0n) is 9.55. The molecule has 0 heteroatoms. The van der Waals surface area contributed by atoms with E-state index in [1.165, 1.54) is 24.8 Å². The van der Waals surface area contributed by atoms with E-state index in [4.69, 9.17) is 0 Å². The Morgan fingerprint density at radius 1 is 1.29 bits per heavy atom. The summed E-state index contributed by atoms with van der Waals surface area (Å²) in [5, 5.41) is 0. The molecular formula is C14H22. The highest BCUT2D eigenvalue weighted by Gasteiger charge is 2.67. The van der Waals surface area contributed by atoms with Gasteiger partial charge in [-0.15, -0.1) is 0 Å². The van der Waals surface area contributed by atoms with Crippen LogP contribution < -0.4 is 0 Å². The zero-order chi connectivity index (χ0) is 9.92. The highest BCUT2D eigenvalue weighted by atomic mass is 14.7. The minimum absolute atomic E-state index is 0.838. The second kappa shape index (κ2) is 2.65. The molecule has 0 aliphatic heterocycles. The van der Waals surface area contributed by atoms with Gasteiger partial charge in [0.2, 0.25) is 0 Å². The molecule has 0 heterocycles. The highest BCUT2D eigenvalue weighted by molar-refractivity contribution is 5.22. The van der Waals surface area contributed by atoms with Crippen LogP contribution in [0, 0.1) is 29.1 Å². The quantitative estimate of drug-likeness (QED) is 0.577. The van der Waals surface area contributed by atoms with Crippen LogP contribution in [-0.2, 0) is 0 Å². The van der Waals surface area contributed by atoms with E-state index in [1.807, 2.05) is 0 Å². The van der Waals surface area contributed by atoms with E-state index in [1.54, 1.807) is 12.8 Å². The number of hydrogen-bond acceptors (Lipinski definition) is 0. The van der Waals surface area contributed by atoms with Crippen molar-refractivity contribution in [3.63, 3.8) is 0 Å². The smallest absolute Gasteiger partial charge is 0.0144 e. The summed E-state index contributed by atoms with van der Waals surface area (Å²) in [6.07, 6.45) is 7.53. The van der Waals surface area contributed by atoms with Crippen molar-refractivity contribution in [3.05, 3.63) is 12.2 Å². The van der Waals surface area contributed by atoms with Gasteiger partial charge in [0.25, 0.3) is 0 Å². The van der Waals surface area contributed by atoms with Crippen molar-refractivity contribution in [2.45, 2.75) is 46.0 Å². The van der Waals surface area contributed by atoms with E-state index < -0.39 is 0 Å². The Morgan fingerprint density at radius 3 is 2.36 bits per heavy atom. The molecule has 3 aliphatic carbocycles. The molecule has 0 aromatic rings. The predicted molar refractivity (Wildman–Crippen MR) is 60.0 cm³/mol. The molecule has 14 heavy (non-hydrogen) atoms. The standard InChI is InChI=1S/C14H22/c1-4-10-11-5-6-12(13(10)9(2)3)14(11)7-8-14/h10-13H,2,4-8H2,1,3H3. The maximum Gasteiger partial charge on any atom is -0.0144 e. The van der Waals surface area contributed by atoms with Gasteiger partial charge < -0.3 is 0 Å². The zero-order valence-corrected chi connectivity index (χ0v) is 9.55. The van der Waals surface area contributed by atoms with Crippen LogP contribution in [0.15, 0.2) is 12.2 Å². The summed E-state index contributed by atoms with van der Waals surface area (Å²) >= 11 is 0. The molecule has 3 saturated carbocycles. The second-order valence-corrected chi connectivity index (χ2v) is 5.97. The third-order valence-corrected chi connectivity index (χ3v) is 5.54. The van der Waals surface area contributed by atoms with Crippen LogP contribution in [0.2, 0.25) is 0 Å². The van der Waals surface area contributed by atoms with Gasteiger partial charge in [-0.1, -0.05) is 25.5 Å². The third kappa shape index (κ3) is 0.857. The molecule has 3 fully saturated rings. The molecule has 4 unspecified atom stereocenters. The van der Waals surface area contributed by atoms with Crippen molar-refractivity contribution in [3.8, 4) is 0 Å². The summed E-state index contributed by atoms with van der Waals surface area (Å²) in [6, 6.07) is 0. The lowest BCUT2D eigenvalue weighted by atomic mass is 9.75. The predicted octanol–water partition coefficient (Wildman–Crippen LogP) is 4.02. The first-order valence-corrected chi connectivity index (χ1v) is 6.36. The first kappa shape index (κ1) is 9.00. The van der Waals surface area contributed by atoms with Crippen LogP contribution >= 0.6 is 0 Å². The Hall–Kier alpha value is -0.260. The van der Waals surface area contributed by atoms with Crippen LogP contribution in [0.4, 0.5) is 0 Å². The Kier molecular flexibility index (Phi) is 1.70. The summed E-state index contributed by atoms with van der Waals surface area (Å²) in [5.41, 5.74) is 2.32. The SMILES string of the molecule is C=C(C)C1C(CC)C2CCC1C21CC1. The Labute approximate surface area is 87.8 Å². The molecule has 0 aromatic heterocycles. The number of rotatable bonds is 2. The van der Waals surface area contributed by atoms with Crippen LogP contribution in [0.1, 0.15) is 46.0 Å². The van der Waals surface area contributed by atoms with Gasteiger partial charge in [-0.3, -0.25) is 0 Å². The lowest BCUT2D eigenvalue weighted by molar-refractivity contribution is 0.246. The van der Waals surface area contributed by atoms with Crippen molar-refractivity contribution < 1.29 is 0 Å². The van der Waals surface area contributed by atoms with Crippen molar-refractivity contribution in [1.29, 1.82) is 0 Å². The summed E-state index contributed by atoms with van der Waals surface area (Å²) in [5.74, 6) is 4.00. The Balaban J connectivity index is 1.96. The number of hydrogen-bond donors (Lipinski definition) is 0. The van der Waals surface area contributed by atoms with Crippen molar-refractivity contribution in [1.82, 2.24) is 0 Å². The average Bonchev–Trinajstić information content (AvgIpc) is 2.82. The summed E-state index contributed by atoms with van der Waals surface area (Å²) in [7, 11) is 0. The molecule has 3 aliphatic rings. The van der Waals surface area contributed by atoms with Crippen molar-refractivity contribution in [2.24, 2.45) is 29.1 Å². The van der Waals surface area contributed by atoms with E-state index in [2.05, 4.69) is 20.4 Å². The lowest BCUT2D eigenvalue weighted by Crippen LogP contribution is -2.22. The van der Waals surface area contributed by atoms with Gasteiger partial charge in [0.1, 0.15) is 0 Å². The lowest BCUT2D eigenvalue weighted by Gasteiger charge is -2.30. The summed E-state index contributed by atoms with van der Waals surface area (Å²) in [6.45, 7) is 8.90. The molecule has 4 atom stereocenters. The number of allylic oxidation sites excluding steroid dienone is 1. The monoisotopic (exact) mass is 190 g/mol. The maximum atomic E-state index is 4.25. The van der Waals surface area contributed by atoms with Gasteiger partial charge in [-0.2, -0.15) is 0 Å². The van der Waals surface area contributed by atoms with Gasteiger partial charge in [-0.05, 0) is 61.7 Å². The van der Waals surface area contributed by atoms with Gasteiger partial charge >= 0.3 is 0 Å². The first-order valence-electron chi connectivity index (χ1n) is 6.36. The van der Waals surface area contributed by atoms with Crippen LogP contribution in [-0.4, -0.2) is 0 Å². The molecule has 0 aromatic carbocycles. The molecule has 0 amide bonds. The van der Waals surface area contributed by atoms with Crippen LogP contribution in [0.5, 0.6) is 0 Å². The molecule has 0 nitrogen and oxygen atoms in total. The van der Waals surface area contributed by atoms with Crippen LogP contribution in [0.25, 0.3) is 0 Å². The molecule has 3 rings (SSSR count). The highest BCUT2D eigenvalue weighted by Crippen LogP contribution is 2.75. The Morgan fingerprint density at radius 2 is 1.93 bits per heavy atom. The first-order chi connectivity index (χ1) is 6.70. The van der Waals surface area contributed by atoms with Gasteiger partial charge in [0.15, 0.2) is 0 Å². The van der Waals surface area contributed by atoms with Gasteiger partial charge in [-0.25, -0.2) is 0 Å². The van der Waals surface area contributed by atoms with E-state index >= 15 is 0 Å². The molecule has 0 N–H and O–H groups in total. The summed E-state index contributed by atoms with van der Waals surface area (Å²) in [4.78, 5) is 0. The molecule has 1 spiro atoms. The Bertz CT molecular complexity index is 272. The van der Waals surface area contributed by atoms with E-state index in [0.29, 0.717) is 0 Å². The minimum atomic E-state index is 0.838. The minimum Gasteiger partial charge on any atom is -0.0998 e. The second-order valence-electron chi connectivity index (χ2n) is 5.97. The summed E-state index contributed by atoms with van der Waals surface area (Å²) < 4.78 is 0. The molecule has 0 radical (unpaired) electrons. The third-order valence-electron chi connectivity index (χ3n) is 5.54. The molecule has 2 bridgehead atoms. The fraction of sp³-hybridized carbons (Fsp3) is 0.857. The molecule has 0 saturated heterocycles. The van der Waals surface area contributed by atoms with E-state index in [-0.39, 0.29) is 0 Å². The van der Waals surface area contributed by atoms with Crippen molar-refractivity contribution >= 4 is 0 Å². The van der Waals surface area contributed by atoms with E-state index in [0.717, 1.165) is 29.1 Å². The van der Waals surface area contributed by atoms with E-state index in [9.17, 15) is 0 Å². The fourth-order valence-corrected chi connectivity index (χ4v) is 5.07. The normalized spacial score (nSPS) is 47.3. The maximum absolute atomic E-state index is 4.25. The topological polar surface area (TPSA) is 0 Å². The largest absolute Gasteiger partial charge is 0.0998 e. The average molecular weight is 190 g/mol. The molecule has 78 valence electrons. The molecular weight excluding hydrogens is 168 g/mol. The van der Waals surface area contributed by atoms with Gasteiger partial charge in [0.05, 0.1) is 0 Å². The van der Waals surface area contributed by atoms with Gasteiger partial charge in [0, 0.05) is 0 Å². The van der Waals surface area contributed by atoms with Crippen LogP contribution in [0.3, 0.4) is 0 Å². The fourth-order valence-electron chi connectivity index (χ4n) is 5.07. The van der Waals surface area contributed by atoms with Crippen molar-refractivity contribution in [2.75, 3.05) is 0 Å².